The second-order valence-electron chi connectivity index (χ2n) is 5.88. The summed E-state index contributed by atoms with van der Waals surface area (Å²) in [5.74, 6) is -3.89. The number of amides is 1. The predicted molar refractivity (Wildman–Crippen MR) is 98.9 cm³/mol. The van der Waals surface area contributed by atoms with Crippen LogP contribution in [0.4, 0.5) is 0 Å². The number of aliphatic carboxylic acids is 2. The maximum absolute atomic E-state index is 13.0. The number of rotatable bonds is 7. The molecule has 0 heterocycles. The van der Waals surface area contributed by atoms with E-state index in [1.807, 2.05) is 0 Å². The number of carbonyl (C=O) groups is 3. The number of benzene rings is 2. The van der Waals surface area contributed by atoms with Crippen molar-refractivity contribution in [3.8, 4) is 12.1 Å². The number of nitrogens with zero attached hydrogens (tertiary/aromatic N) is 3. The average molecular weight is 427 g/mol. The largest absolute Gasteiger partial charge is 0.480 e. The zero-order valence-electron chi connectivity index (χ0n) is 15.1. The normalized spacial score (nSPS) is 10.5. The lowest BCUT2D eigenvalue weighted by molar-refractivity contribution is -0.140. The molecule has 0 bridgehead atoms. The zero-order chi connectivity index (χ0) is 22.5. The lowest BCUT2D eigenvalue weighted by Gasteiger charge is -2.19. The molecule has 1 amide bonds. The molecule has 0 aliphatic rings. The summed E-state index contributed by atoms with van der Waals surface area (Å²) in [6.45, 7) is -1.80. The molecule has 10 nitrogen and oxygen atoms in total. The summed E-state index contributed by atoms with van der Waals surface area (Å²) >= 11 is 0. The predicted octanol–water partition coefficient (Wildman–Crippen LogP) is 0.874. The Morgan fingerprint density at radius 3 is 2.07 bits per heavy atom. The Hall–Kier alpha value is -4.22. The number of hydrogen-bond donors (Lipinski definition) is 2. The minimum atomic E-state index is -4.32. The molecule has 0 radical (unpaired) electrons. The van der Waals surface area contributed by atoms with E-state index >= 15 is 0 Å². The number of carboxylic acid groups (broad SMARTS) is 2. The average Bonchev–Trinajstić information content (AvgIpc) is 2.71. The first kappa shape index (κ1) is 22.1. The van der Waals surface area contributed by atoms with E-state index in [0.717, 1.165) is 18.2 Å². The van der Waals surface area contributed by atoms with Crippen LogP contribution in [0.5, 0.6) is 0 Å². The van der Waals surface area contributed by atoms with Gasteiger partial charge in [-0.3, -0.25) is 14.4 Å². The van der Waals surface area contributed by atoms with Gasteiger partial charge in [0.1, 0.15) is 25.2 Å². The summed E-state index contributed by atoms with van der Waals surface area (Å²) in [5.41, 5.74) is -0.747. The van der Waals surface area contributed by atoms with Gasteiger partial charge < -0.3 is 15.1 Å². The SMILES string of the molecule is N#Cc1cccc(S(=O)(=O)c2cccc(C(=O)N(CC(=O)O)CC(=O)O)c2)c1C#N. The van der Waals surface area contributed by atoms with Crippen molar-refractivity contribution in [2.75, 3.05) is 13.1 Å². The first-order chi connectivity index (χ1) is 14.1. The van der Waals surface area contributed by atoms with Crippen LogP contribution in [0.15, 0.2) is 52.3 Å². The van der Waals surface area contributed by atoms with Gasteiger partial charge in [-0.15, -0.1) is 0 Å². The summed E-state index contributed by atoms with van der Waals surface area (Å²) in [6.07, 6.45) is 0. The molecule has 2 aromatic rings. The van der Waals surface area contributed by atoms with Crippen LogP contribution in [-0.4, -0.2) is 54.5 Å². The van der Waals surface area contributed by atoms with Crippen molar-refractivity contribution in [3.05, 3.63) is 59.2 Å². The van der Waals surface area contributed by atoms with Crippen LogP contribution in [0.2, 0.25) is 0 Å². The van der Waals surface area contributed by atoms with Crippen molar-refractivity contribution >= 4 is 27.7 Å². The summed E-state index contributed by atoms with van der Waals surface area (Å²) < 4.78 is 26.0. The molecule has 2 aromatic carbocycles. The van der Waals surface area contributed by atoms with E-state index < -0.39 is 45.7 Å². The van der Waals surface area contributed by atoms with Gasteiger partial charge >= 0.3 is 11.9 Å². The molecule has 0 aromatic heterocycles. The van der Waals surface area contributed by atoms with Gasteiger partial charge in [-0.05, 0) is 30.3 Å². The smallest absolute Gasteiger partial charge is 0.323 e. The molecule has 0 saturated carbocycles. The Balaban J connectivity index is 2.55. The fourth-order valence-corrected chi connectivity index (χ4v) is 4.07. The molecular formula is C19H13N3O7S. The maximum Gasteiger partial charge on any atom is 0.323 e. The molecule has 2 rings (SSSR count). The van der Waals surface area contributed by atoms with Gasteiger partial charge in [0.05, 0.1) is 20.9 Å². The minimum absolute atomic E-state index is 0.139. The van der Waals surface area contributed by atoms with E-state index in [0.29, 0.717) is 4.90 Å². The van der Waals surface area contributed by atoms with Crippen LogP contribution >= 0.6 is 0 Å². The van der Waals surface area contributed by atoms with Gasteiger partial charge in [0, 0.05) is 5.56 Å². The van der Waals surface area contributed by atoms with E-state index in [9.17, 15) is 28.1 Å². The highest BCUT2D eigenvalue weighted by atomic mass is 32.2. The summed E-state index contributed by atoms with van der Waals surface area (Å²) in [6, 6.07) is 11.7. The zero-order valence-corrected chi connectivity index (χ0v) is 16.0. The van der Waals surface area contributed by atoms with Gasteiger partial charge in [0.15, 0.2) is 0 Å². The second-order valence-corrected chi connectivity index (χ2v) is 7.80. The van der Waals surface area contributed by atoms with Crippen molar-refractivity contribution in [3.63, 3.8) is 0 Å². The summed E-state index contributed by atoms with van der Waals surface area (Å²) in [4.78, 5) is 34.1. The molecule has 11 heteroatoms. The standard InChI is InChI=1S/C19H13N3O7S/c20-8-13-4-2-6-16(15(13)9-21)30(28,29)14-5-1-3-12(7-14)19(27)22(10-17(23)24)11-18(25)26/h1-7H,10-11H2,(H,23,24)(H,25,26). The van der Waals surface area contributed by atoms with Crippen molar-refractivity contribution in [1.82, 2.24) is 4.90 Å². The molecule has 30 heavy (non-hydrogen) atoms. The summed E-state index contributed by atoms with van der Waals surface area (Å²) in [7, 11) is -4.32. The second kappa shape index (κ2) is 8.86. The fourth-order valence-electron chi connectivity index (χ4n) is 2.60. The number of carbonyl (C=O) groups excluding carboxylic acids is 1. The minimum Gasteiger partial charge on any atom is -0.480 e. The monoisotopic (exact) mass is 427 g/mol. The fraction of sp³-hybridized carbons (Fsp3) is 0.105. The lowest BCUT2D eigenvalue weighted by atomic mass is 10.1. The Kier molecular flexibility index (Phi) is 6.52. The molecule has 0 spiro atoms. The van der Waals surface area contributed by atoms with Crippen LogP contribution in [0.1, 0.15) is 21.5 Å². The van der Waals surface area contributed by atoms with Gasteiger partial charge in [-0.2, -0.15) is 10.5 Å². The van der Waals surface area contributed by atoms with Crippen LogP contribution in [0, 0.1) is 22.7 Å². The highest BCUT2D eigenvalue weighted by molar-refractivity contribution is 7.91. The quantitative estimate of drug-likeness (QED) is 0.649. The maximum atomic E-state index is 13.0. The van der Waals surface area contributed by atoms with Crippen LogP contribution in [0.25, 0.3) is 0 Å². The molecule has 0 aliphatic heterocycles. The Bertz CT molecular complexity index is 1210. The van der Waals surface area contributed by atoms with E-state index in [1.54, 1.807) is 12.1 Å². The van der Waals surface area contributed by atoms with E-state index in [4.69, 9.17) is 15.5 Å². The van der Waals surface area contributed by atoms with Crippen LogP contribution in [-0.2, 0) is 19.4 Å². The van der Waals surface area contributed by atoms with Gasteiger partial charge in [0.25, 0.3) is 5.91 Å². The molecular weight excluding hydrogens is 414 g/mol. The lowest BCUT2D eigenvalue weighted by Crippen LogP contribution is -2.39. The van der Waals surface area contributed by atoms with Crippen molar-refractivity contribution < 1.29 is 33.0 Å². The molecule has 0 saturated heterocycles. The third-order valence-electron chi connectivity index (χ3n) is 3.88. The van der Waals surface area contributed by atoms with Gasteiger partial charge in [-0.1, -0.05) is 12.1 Å². The molecule has 2 N–H and O–H groups in total. The summed E-state index contributed by atoms with van der Waals surface area (Å²) in [5, 5.41) is 36.2. The Morgan fingerprint density at radius 1 is 0.933 bits per heavy atom. The topological polar surface area (TPSA) is 177 Å². The third-order valence-corrected chi connectivity index (χ3v) is 5.67. The van der Waals surface area contributed by atoms with E-state index in [2.05, 4.69) is 0 Å². The van der Waals surface area contributed by atoms with Crippen molar-refractivity contribution in [1.29, 1.82) is 10.5 Å². The van der Waals surface area contributed by atoms with Gasteiger partial charge in [-0.25, -0.2) is 8.42 Å². The Labute approximate surface area is 170 Å². The molecule has 152 valence electrons. The molecule has 0 aliphatic carbocycles. The number of hydrogen-bond acceptors (Lipinski definition) is 7. The number of nitriles is 2. The first-order valence-corrected chi connectivity index (χ1v) is 9.61. The van der Waals surface area contributed by atoms with Crippen molar-refractivity contribution in [2.45, 2.75) is 9.79 Å². The molecule has 0 fully saturated rings. The number of sulfone groups is 1. The van der Waals surface area contributed by atoms with E-state index in [-0.39, 0.29) is 21.6 Å². The first-order valence-electron chi connectivity index (χ1n) is 8.13. The molecule has 0 unspecified atom stereocenters. The van der Waals surface area contributed by atoms with Gasteiger partial charge in [0.2, 0.25) is 9.84 Å². The highest BCUT2D eigenvalue weighted by Gasteiger charge is 2.26. The van der Waals surface area contributed by atoms with E-state index in [1.165, 1.54) is 24.3 Å². The van der Waals surface area contributed by atoms with Crippen molar-refractivity contribution in [2.24, 2.45) is 0 Å². The third kappa shape index (κ3) is 4.60. The van der Waals surface area contributed by atoms with Crippen LogP contribution in [0.3, 0.4) is 0 Å². The van der Waals surface area contributed by atoms with Crippen LogP contribution < -0.4 is 0 Å². The number of carboxylic acids is 2. The Morgan fingerprint density at radius 2 is 1.53 bits per heavy atom. The molecule has 0 atom stereocenters. The highest BCUT2D eigenvalue weighted by Crippen LogP contribution is 2.26.